The Labute approximate surface area is 120 Å². The second-order valence-corrected chi connectivity index (χ2v) is 4.76. The van der Waals surface area contributed by atoms with Crippen LogP contribution < -0.4 is 4.74 Å². The smallest absolute Gasteiger partial charge is 0.138 e. The molecule has 0 fully saturated rings. The van der Waals surface area contributed by atoms with Crippen LogP contribution in [0.4, 0.5) is 4.39 Å². The summed E-state index contributed by atoms with van der Waals surface area (Å²) in [7, 11) is 0. The van der Waals surface area contributed by atoms with Gasteiger partial charge in [-0.1, -0.05) is 29.3 Å². The van der Waals surface area contributed by atoms with Crippen LogP contribution in [-0.2, 0) is 13.2 Å². The van der Waals surface area contributed by atoms with Crippen molar-refractivity contribution in [1.82, 2.24) is 0 Å². The molecular weight excluding hydrogens is 290 g/mol. The second-order valence-electron chi connectivity index (χ2n) is 3.95. The van der Waals surface area contributed by atoms with Crippen molar-refractivity contribution in [3.63, 3.8) is 0 Å². The van der Waals surface area contributed by atoms with Crippen molar-refractivity contribution < 1.29 is 14.2 Å². The first-order valence-electron chi connectivity index (χ1n) is 5.56. The zero-order chi connectivity index (χ0) is 13.8. The molecule has 2 rings (SSSR count). The zero-order valence-electron chi connectivity index (χ0n) is 9.87. The fraction of sp³-hybridized carbons (Fsp3) is 0.143. The normalized spacial score (nSPS) is 10.5. The lowest BCUT2D eigenvalue weighted by Crippen LogP contribution is -1.98. The van der Waals surface area contributed by atoms with Crippen LogP contribution in [0.3, 0.4) is 0 Å². The Morgan fingerprint density at radius 2 is 1.84 bits per heavy atom. The van der Waals surface area contributed by atoms with Gasteiger partial charge in [0.25, 0.3) is 0 Å². The predicted molar refractivity (Wildman–Crippen MR) is 73.1 cm³/mol. The van der Waals surface area contributed by atoms with Gasteiger partial charge in [-0.25, -0.2) is 4.39 Å². The number of rotatable bonds is 4. The number of aliphatic hydroxyl groups excluding tert-OH is 1. The van der Waals surface area contributed by atoms with E-state index in [2.05, 4.69) is 0 Å². The van der Waals surface area contributed by atoms with Gasteiger partial charge in [0.2, 0.25) is 0 Å². The third-order valence-corrected chi connectivity index (χ3v) is 3.23. The Morgan fingerprint density at radius 1 is 1.05 bits per heavy atom. The van der Waals surface area contributed by atoms with Gasteiger partial charge in [0.1, 0.15) is 18.2 Å². The van der Waals surface area contributed by atoms with Crippen LogP contribution in [0.25, 0.3) is 0 Å². The van der Waals surface area contributed by atoms with E-state index in [4.69, 9.17) is 33.0 Å². The van der Waals surface area contributed by atoms with E-state index in [9.17, 15) is 4.39 Å². The fourth-order valence-corrected chi connectivity index (χ4v) is 2.00. The van der Waals surface area contributed by atoms with E-state index < -0.39 is 0 Å². The average molecular weight is 301 g/mol. The Morgan fingerprint density at radius 3 is 2.53 bits per heavy atom. The quantitative estimate of drug-likeness (QED) is 0.917. The van der Waals surface area contributed by atoms with Crippen LogP contribution in [0.5, 0.6) is 5.75 Å². The lowest BCUT2D eigenvalue weighted by Gasteiger charge is -2.10. The molecule has 2 aromatic rings. The van der Waals surface area contributed by atoms with Crippen molar-refractivity contribution in [1.29, 1.82) is 0 Å². The SMILES string of the molecule is OCc1ccc(OCc2cc(F)ccc2Cl)c(Cl)c1. The first-order valence-corrected chi connectivity index (χ1v) is 6.32. The summed E-state index contributed by atoms with van der Waals surface area (Å²) in [5.41, 5.74) is 1.24. The highest BCUT2D eigenvalue weighted by molar-refractivity contribution is 6.32. The van der Waals surface area contributed by atoms with Crippen LogP contribution in [-0.4, -0.2) is 5.11 Å². The molecule has 0 aliphatic rings. The summed E-state index contributed by atoms with van der Waals surface area (Å²) in [5.74, 6) is 0.0870. The zero-order valence-corrected chi connectivity index (χ0v) is 11.4. The fourth-order valence-electron chi connectivity index (χ4n) is 1.57. The van der Waals surface area contributed by atoms with Gasteiger partial charge in [0.15, 0.2) is 0 Å². The van der Waals surface area contributed by atoms with Crippen LogP contribution in [0.15, 0.2) is 36.4 Å². The number of hydrogen-bond acceptors (Lipinski definition) is 2. The van der Waals surface area contributed by atoms with E-state index in [0.717, 1.165) is 0 Å². The van der Waals surface area contributed by atoms with Crippen LogP contribution in [0.2, 0.25) is 10.0 Å². The van der Waals surface area contributed by atoms with E-state index in [-0.39, 0.29) is 19.0 Å². The van der Waals surface area contributed by atoms with E-state index >= 15 is 0 Å². The second kappa shape index (κ2) is 6.24. The summed E-state index contributed by atoms with van der Waals surface area (Å²) >= 11 is 11.9. The monoisotopic (exact) mass is 300 g/mol. The lowest BCUT2D eigenvalue weighted by molar-refractivity contribution is 0.280. The van der Waals surface area contributed by atoms with Crippen molar-refractivity contribution >= 4 is 23.2 Å². The Bertz CT molecular complexity index is 588. The van der Waals surface area contributed by atoms with Crippen molar-refractivity contribution in [2.24, 2.45) is 0 Å². The molecule has 0 heterocycles. The minimum atomic E-state index is -0.371. The van der Waals surface area contributed by atoms with Gasteiger partial charge < -0.3 is 9.84 Å². The van der Waals surface area contributed by atoms with Gasteiger partial charge in [-0.05, 0) is 35.9 Å². The molecule has 2 aromatic carbocycles. The van der Waals surface area contributed by atoms with Gasteiger partial charge in [-0.2, -0.15) is 0 Å². The Hall–Kier alpha value is -1.29. The molecule has 0 saturated heterocycles. The third kappa shape index (κ3) is 3.60. The van der Waals surface area contributed by atoms with E-state index in [1.807, 2.05) is 0 Å². The summed E-state index contributed by atoms with van der Waals surface area (Å²) in [6.07, 6.45) is 0. The molecular formula is C14H11Cl2FO2. The molecule has 0 amide bonds. The first kappa shape index (κ1) is 14.1. The number of benzene rings is 2. The average Bonchev–Trinajstić information content (AvgIpc) is 2.40. The van der Waals surface area contributed by atoms with Crippen LogP contribution >= 0.6 is 23.2 Å². The van der Waals surface area contributed by atoms with Crippen molar-refractivity contribution in [2.45, 2.75) is 13.2 Å². The molecule has 1 N–H and O–H groups in total. The van der Waals surface area contributed by atoms with Crippen LogP contribution in [0, 0.1) is 5.82 Å². The molecule has 0 radical (unpaired) electrons. The highest BCUT2D eigenvalue weighted by atomic mass is 35.5. The van der Waals surface area contributed by atoms with Crippen molar-refractivity contribution in [3.8, 4) is 5.75 Å². The molecule has 0 saturated carbocycles. The molecule has 19 heavy (non-hydrogen) atoms. The predicted octanol–water partition coefficient (Wildman–Crippen LogP) is 4.20. The van der Waals surface area contributed by atoms with E-state index in [1.165, 1.54) is 18.2 Å². The maximum Gasteiger partial charge on any atom is 0.138 e. The van der Waals surface area contributed by atoms with Crippen molar-refractivity contribution in [3.05, 3.63) is 63.4 Å². The topological polar surface area (TPSA) is 29.5 Å². The van der Waals surface area contributed by atoms with Gasteiger partial charge in [-0.3, -0.25) is 0 Å². The lowest BCUT2D eigenvalue weighted by atomic mass is 10.2. The minimum Gasteiger partial charge on any atom is -0.487 e. The van der Waals surface area contributed by atoms with Crippen LogP contribution in [0.1, 0.15) is 11.1 Å². The van der Waals surface area contributed by atoms with Gasteiger partial charge >= 0.3 is 0 Å². The third-order valence-electron chi connectivity index (χ3n) is 2.57. The molecule has 0 bridgehead atoms. The van der Waals surface area contributed by atoms with Gasteiger partial charge in [-0.15, -0.1) is 0 Å². The Balaban J connectivity index is 2.12. The molecule has 0 spiro atoms. The number of halogens is 3. The molecule has 0 unspecified atom stereocenters. The van der Waals surface area contributed by atoms with Crippen molar-refractivity contribution in [2.75, 3.05) is 0 Å². The highest BCUT2D eigenvalue weighted by Crippen LogP contribution is 2.27. The maximum atomic E-state index is 13.1. The maximum absolute atomic E-state index is 13.1. The summed E-state index contributed by atoms with van der Waals surface area (Å²) in [5, 5.41) is 9.79. The summed E-state index contributed by atoms with van der Waals surface area (Å²) in [6, 6.07) is 9.05. The van der Waals surface area contributed by atoms with E-state index in [1.54, 1.807) is 18.2 Å². The highest BCUT2D eigenvalue weighted by Gasteiger charge is 2.06. The molecule has 0 aliphatic carbocycles. The van der Waals surface area contributed by atoms with Gasteiger partial charge in [0.05, 0.1) is 11.6 Å². The summed E-state index contributed by atoms with van der Waals surface area (Å²) in [6.45, 7) is 0.0323. The first-order chi connectivity index (χ1) is 9.10. The molecule has 0 aromatic heterocycles. The molecule has 0 aliphatic heterocycles. The van der Waals surface area contributed by atoms with E-state index in [0.29, 0.717) is 26.9 Å². The minimum absolute atomic E-state index is 0.0876. The standard InChI is InChI=1S/C14H11Cl2FO2/c15-12-3-2-11(17)6-10(12)8-19-14-4-1-9(7-18)5-13(14)16/h1-6,18H,7-8H2. The summed E-state index contributed by atoms with van der Waals surface area (Å²) < 4.78 is 18.6. The number of ether oxygens (including phenoxy) is 1. The van der Waals surface area contributed by atoms with Gasteiger partial charge in [0, 0.05) is 10.6 Å². The largest absolute Gasteiger partial charge is 0.487 e. The summed E-state index contributed by atoms with van der Waals surface area (Å²) in [4.78, 5) is 0. The molecule has 0 atom stereocenters. The molecule has 5 heteroatoms. The molecule has 2 nitrogen and oxygen atoms in total. The Kier molecular flexibility index (Phi) is 4.64. The number of aliphatic hydroxyl groups is 1. The molecule has 100 valence electrons. The number of hydrogen-bond donors (Lipinski definition) is 1.